The van der Waals surface area contributed by atoms with Crippen LogP contribution in [0.1, 0.15) is 19.8 Å². The van der Waals surface area contributed by atoms with Crippen LogP contribution in [0.4, 0.5) is 27.6 Å². The quantitative estimate of drug-likeness (QED) is 0.524. The van der Waals surface area contributed by atoms with E-state index < -0.39 is 34.8 Å². The number of nitrogens with one attached hydrogen (secondary N) is 1. The van der Waals surface area contributed by atoms with E-state index in [1.807, 2.05) is 14.0 Å². The minimum atomic E-state index is -2.12. The molecule has 1 fully saturated rings. The molecule has 7 heteroatoms. The first-order valence-corrected chi connectivity index (χ1v) is 6.82. The van der Waals surface area contributed by atoms with E-state index in [1.165, 1.54) is 4.90 Å². The van der Waals surface area contributed by atoms with Crippen molar-refractivity contribution >= 4 is 5.69 Å². The van der Waals surface area contributed by atoms with E-state index in [9.17, 15) is 22.0 Å². The van der Waals surface area contributed by atoms with Gasteiger partial charge in [0.2, 0.25) is 5.82 Å². The Balaban J connectivity index is 2.25. The fourth-order valence-corrected chi connectivity index (χ4v) is 2.73. The lowest BCUT2D eigenvalue weighted by atomic mass is 9.90. The second-order valence-electron chi connectivity index (χ2n) is 5.32. The number of hydrogen-bond donors (Lipinski definition) is 1. The van der Waals surface area contributed by atoms with Crippen LogP contribution in [0.5, 0.6) is 0 Å². The molecule has 0 bridgehead atoms. The van der Waals surface area contributed by atoms with Crippen molar-refractivity contribution in [2.24, 2.45) is 5.92 Å². The maximum atomic E-state index is 13.7. The van der Waals surface area contributed by atoms with Crippen molar-refractivity contribution in [2.45, 2.75) is 25.8 Å². The first-order valence-electron chi connectivity index (χ1n) is 6.82. The highest BCUT2D eigenvalue weighted by Gasteiger charge is 2.31. The van der Waals surface area contributed by atoms with Crippen molar-refractivity contribution in [1.82, 2.24) is 5.32 Å². The molecule has 0 radical (unpaired) electrons. The van der Waals surface area contributed by atoms with Gasteiger partial charge in [0, 0.05) is 19.1 Å². The molecule has 21 heavy (non-hydrogen) atoms. The molecule has 1 atom stereocenters. The molecule has 0 saturated carbocycles. The molecule has 0 amide bonds. The van der Waals surface area contributed by atoms with Crippen LogP contribution >= 0.6 is 0 Å². The van der Waals surface area contributed by atoms with E-state index >= 15 is 0 Å². The van der Waals surface area contributed by atoms with E-state index in [0.717, 1.165) is 0 Å². The summed E-state index contributed by atoms with van der Waals surface area (Å²) in [5.41, 5.74) is -0.818. The van der Waals surface area contributed by atoms with Gasteiger partial charge in [-0.1, -0.05) is 0 Å². The molecular weight excluding hydrogens is 291 g/mol. The Morgan fingerprint density at radius 2 is 1.33 bits per heavy atom. The van der Waals surface area contributed by atoms with Crippen LogP contribution in [0.3, 0.4) is 0 Å². The van der Waals surface area contributed by atoms with Crippen molar-refractivity contribution in [3.05, 3.63) is 29.1 Å². The van der Waals surface area contributed by atoms with Crippen LogP contribution < -0.4 is 10.2 Å². The summed E-state index contributed by atoms with van der Waals surface area (Å²) in [5.74, 6) is -9.11. The Morgan fingerprint density at radius 3 is 1.76 bits per heavy atom. The number of piperidine rings is 1. The van der Waals surface area contributed by atoms with Crippen molar-refractivity contribution in [3.63, 3.8) is 0 Å². The molecule has 2 rings (SSSR count). The Morgan fingerprint density at radius 1 is 0.905 bits per heavy atom. The van der Waals surface area contributed by atoms with Crippen molar-refractivity contribution < 1.29 is 22.0 Å². The molecular formula is C14H17F5N2. The number of hydrogen-bond acceptors (Lipinski definition) is 2. The zero-order valence-electron chi connectivity index (χ0n) is 11.8. The van der Waals surface area contributed by atoms with Crippen molar-refractivity contribution in [3.8, 4) is 0 Å². The summed E-state index contributed by atoms with van der Waals surface area (Å²) in [5, 5.41) is 3.10. The summed E-state index contributed by atoms with van der Waals surface area (Å²) in [6, 6.07) is 0.239. The van der Waals surface area contributed by atoms with Gasteiger partial charge in [0.25, 0.3) is 0 Å². The van der Waals surface area contributed by atoms with Gasteiger partial charge in [-0.3, -0.25) is 0 Å². The highest BCUT2D eigenvalue weighted by Crippen LogP contribution is 2.33. The van der Waals surface area contributed by atoms with E-state index in [-0.39, 0.29) is 19.1 Å². The van der Waals surface area contributed by atoms with E-state index in [1.54, 1.807) is 0 Å². The highest BCUT2D eigenvalue weighted by atomic mass is 19.2. The fraction of sp³-hybridized carbons (Fsp3) is 0.571. The highest BCUT2D eigenvalue weighted by molar-refractivity contribution is 5.50. The number of benzene rings is 1. The molecule has 0 aliphatic carbocycles. The zero-order valence-corrected chi connectivity index (χ0v) is 11.8. The number of halogens is 5. The van der Waals surface area contributed by atoms with Crippen molar-refractivity contribution in [2.75, 3.05) is 25.0 Å². The van der Waals surface area contributed by atoms with Gasteiger partial charge in [0.1, 0.15) is 5.69 Å². The number of rotatable bonds is 3. The molecule has 1 heterocycles. The van der Waals surface area contributed by atoms with Crippen LogP contribution in [-0.4, -0.2) is 26.2 Å². The lowest BCUT2D eigenvalue weighted by Crippen LogP contribution is -2.41. The summed E-state index contributed by atoms with van der Waals surface area (Å²) in [7, 11) is 1.82. The molecule has 1 unspecified atom stereocenters. The Bertz CT molecular complexity index is 498. The smallest absolute Gasteiger partial charge is 0.200 e. The molecule has 118 valence electrons. The topological polar surface area (TPSA) is 15.3 Å². The summed E-state index contributed by atoms with van der Waals surface area (Å²) in [4.78, 5) is 1.23. The molecule has 2 nitrogen and oxygen atoms in total. The van der Waals surface area contributed by atoms with Gasteiger partial charge in [0.05, 0.1) is 0 Å². The second kappa shape index (κ2) is 6.17. The third kappa shape index (κ3) is 2.84. The minimum absolute atomic E-state index is 0.239. The van der Waals surface area contributed by atoms with Crippen LogP contribution in [-0.2, 0) is 0 Å². The molecule has 1 aromatic carbocycles. The van der Waals surface area contributed by atoms with Gasteiger partial charge < -0.3 is 10.2 Å². The SMILES string of the molecule is CNC(C)C1CCN(c2c(F)c(F)c(F)c(F)c2F)CC1. The molecule has 1 aliphatic rings. The third-order valence-electron chi connectivity index (χ3n) is 4.20. The Labute approximate surface area is 119 Å². The normalized spacial score (nSPS) is 18.1. The first kappa shape index (κ1) is 16.0. The average Bonchev–Trinajstić information content (AvgIpc) is 2.51. The fourth-order valence-electron chi connectivity index (χ4n) is 2.73. The summed E-state index contributed by atoms with van der Waals surface area (Å²) in [6.45, 7) is 2.52. The Hall–Kier alpha value is -1.37. The van der Waals surface area contributed by atoms with Crippen LogP contribution in [0, 0.1) is 35.0 Å². The zero-order chi connectivity index (χ0) is 15.7. The molecule has 1 aromatic rings. The molecule has 1 aliphatic heterocycles. The Kier molecular flexibility index (Phi) is 4.70. The largest absolute Gasteiger partial charge is 0.367 e. The molecule has 0 spiro atoms. The van der Waals surface area contributed by atoms with E-state index in [0.29, 0.717) is 18.8 Å². The monoisotopic (exact) mass is 308 g/mol. The summed E-state index contributed by atoms with van der Waals surface area (Å²) < 4.78 is 66.9. The van der Waals surface area contributed by atoms with Gasteiger partial charge in [-0.05, 0) is 32.7 Å². The number of anilines is 1. The minimum Gasteiger partial charge on any atom is -0.367 e. The van der Waals surface area contributed by atoms with Crippen molar-refractivity contribution in [1.29, 1.82) is 0 Å². The van der Waals surface area contributed by atoms with E-state index in [2.05, 4.69) is 5.32 Å². The molecule has 1 N–H and O–H groups in total. The molecule has 0 aromatic heterocycles. The predicted octanol–water partition coefficient (Wildman–Crippen LogP) is 3.21. The van der Waals surface area contributed by atoms with Gasteiger partial charge in [-0.25, -0.2) is 22.0 Å². The van der Waals surface area contributed by atoms with Crippen LogP contribution in [0.15, 0.2) is 0 Å². The molecule has 1 saturated heterocycles. The maximum Gasteiger partial charge on any atom is 0.200 e. The number of nitrogens with zero attached hydrogens (tertiary/aromatic N) is 1. The lowest BCUT2D eigenvalue weighted by molar-refractivity contribution is 0.317. The lowest BCUT2D eigenvalue weighted by Gasteiger charge is -2.36. The van der Waals surface area contributed by atoms with Gasteiger partial charge in [0.15, 0.2) is 23.3 Å². The summed E-state index contributed by atoms with van der Waals surface area (Å²) >= 11 is 0. The third-order valence-corrected chi connectivity index (χ3v) is 4.20. The van der Waals surface area contributed by atoms with Gasteiger partial charge in [-0.15, -0.1) is 0 Å². The van der Waals surface area contributed by atoms with E-state index in [4.69, 9.17) is 0 Å². The predicted molar refractivity (Wildman–Crippen MR) is 69.7 cm³/mol. The van der Waals surface area contributed by atoms with Gasteiger partial charge >= 0.3 is 0 Å². The van der Waals surface area contributed by atoms with Crippen LogP contribution in [0.25, 0.3) is 0 Å². The van der Waals surface area contributed by atoms with Gasteiger partial charge in [-0.2, -0.15) is 0 Å². The maximum absolute atomic E-state index is 13.7. The second-order valence-corrected chi connectivity index (χ2v) is 5.32. The average molecular weight is 308 g/mol. The van der Waals surface area contributed by atoms with Crippen LogP contribution in [0.2, 0.25) is 0 Å². The standard InChI is InChI=1S/C14H17F5N2/c1-7(20-2)8-3-5-21(6-4-8)14-12(18)10(16)9(15)11(17)13(14)19/h7-8,20H,3-6H2,1-2H3. The summed E-state index contributed by atoms with van der Waals surface area (Å²) in [6.07, 6.45) is 1.25. The first-order chi connectivity index (χ1) is 9.88.